The molecule has 3 rings (SSSR count). The van der Waals surface area contributed by atoms with E-state index in [2.05, 4.69) is 15.5 Å². The number of hydrogen-bond acceptors (Lipinski definition) is 2. The minimum Gasteiger partial charge on any atom is -0.350 e. The number of amides is 1. The van der Waals surface area contributed by atoms with Gasteiger partial charge in [-0.1, -0.05) is 18.2 Å². The summed E-state index contributed by atoms with van der Waals surface area (Å²) >= 11 is 0. The zero-order valence-electron chi connectivity index (χ0n) is 10.6. The summed E-state index contributed by atoms with van der Waals surface area (Å²) in [5.41, 5.74) is 2.63. The van der Waals surface area contributed by atoms with E-state index in [0.29, 0.717) is 12.1 Å². The number of hydrogen-bond donors (Lipinski definition) is 2. The molecule has 5 heteroatoms. The van der Waals surface area contributed by atoms with E-state index in [0.717, 1.165) is 16.6 Å². The second-order valence-electron chi connectivity index (χ2n) is 4.44. The van der Waals surface area contributed by atoms with E-state index in [4.69, 9.17) is 0 Å². The Morgan fingerprint density at radius 2 is 2.21 bits per heavy atom. The van der Waals surface area contributed by atoms with Crippen molar-refractivity contribution in [2.45, 2.75) is 6.54 Å². The predicted molar refractivity (Wildman–Crippen MR) is 72.7 cm³/mol. The fourth-order valence-corrected chi connectivity index (χ4v) is 2.18. The molecule has 2 N–H and O–H groups in total. The maximum Gasteiger partial charge on any atom is 0.253 e. The molecule has 2 heterocycles. The lowest BCUT2D eigenvalue weighted by molar-refractivity contribution is 0.0952. The lowest BCUT2D eigenvalue weighted by Gasteiger charge is -2.02. The highest BCUT2D eigenvalue weighted by Gasteiger charge is 2.13. The van der Waals surface area contributed by atoms with Gasteiger partial charge in [0.15, 0.2) is 0 Å². The number of nitrogens with zero attached hydrogens (tertiary/aromatic N) is 2. The lowest BCUT2D eigenvalue weighted by atomic mass is 10.1. The molecule has 0 atom stereocenters. The molecule has 0 saturated carbocycles. The van der Waals surface area contributed by atoms with E-state index in [-0.39, 0.29) is 5.91 Å². The summed E-state index contributed by atoms with van der Waals surface area (Å²) in [6.45, 7) is 0.446. The van der Waals surface area contributed by atoms with Crippen molar-refractivity contribution in [2.24, 2.45) is 7.05 Å². The standard InChI is InChI=1S/C14H14N4O/c1-18-9-12(11-4-2-3-5-13(11)18)14(19)15-8-10-6-7-16-17-10/h2-7,9H,8H2,1H3,(H,15,19)(H,16,17). The average molecular weight is 254 g/mol. The quantitative estimate of drug-likeness (QED) is 0.749. The van der Waals surface area contributed by atoms with Gasteiger partial charge in [0.2, 0.25) is 0 Å². The number of aryl methyl sites for hydroxylation is 1. The van der Waals surface area contributed by atoms with E-state index < -0.39 is 0 Å². The molecule has 0 radical (unpaired) electrons. The molecule has 3 aromatic rings. The van der Waals surface area contributed by atoms with Crippen LogP contribution in [-0.4, -0.2) is 20.7 Å². The zero-order chi connectivity index (χ0) is 13.2. The zero-order valence-corrected chi connectivity index (χ0v) is 10.6. The topological polar surface area (TPSA) is 62.7 Å². The van der Waals surface area contributed by atoms with Gasteiger partial charge >= 0.3 is 0 Å². The third-order valence-electron chi connectivity index (χ3n) is 3.14. The third kappa shape index (κ3) is 2.10. The van der Waals surface area contributed by atoms with Crippen LogP contribution in [0.3, 0.4) is 0 Å². The molecular formula is C14H14N4O. The Labute approximate surface area is 110 Å². The molecule has 96 valence electrons. The van der Waals surface area contributed by atoms with Crippen molar-refractivity contribution in [3.63, 3.8) is 0 Å². The van der Waals surface area contributed by atoms with Crippen molar-refractivity contribution in [3.05, 3.63) is 54.0 Å². The Bertz CT molecular complexity index is 712. The van der Waals surface area contributed by atoms with Crippen LogP contribution in [0.2, 0.25) is 0 Å². The maximum absolute atomic E-state index is 12.2. The van der Waals surface area contributed by atoms with Gasteiger partial charge in [-0.25, -0.2) is 0 Å². The van der Waals surface area contributed by atoms with E-state index in [1.165, 1.54) is 0 Å². The number of para-hydroxylation sites is 1. The number of H-pyrrole nitrogens is 1. The van der Waals surface area contributed by atoms with Crippen LogP contribution >= 0.6 is 0 Å². The Morgan fingerprint density at radius 3 is 3.00 bits per heavy atom. The molecular weight excluding hydrogens is 240 g/mol. The molecule has 0 bridgehead atoms. The summed E-state index contributed by atoms with van der Waals surface area (Å²) in [5.74, 6) is -0.0774. The predicted octanol–water partition coefficient (Wildman–Crippen LogP) is 1.83. The highest BCUT2D eigenvalue weighted by Crippen LogP contribution is 2.20. The van der Waals surface area contributed by atoms with Gasteiger partial charge < -0.3 is 9.88 Å². The molecule has 0 aliphatic rings. The second kappa shape index (κ2) is 4.61. The van der Waals surface area contributed by atoms with Gasteiger partial charge in [-0.3, -0.25) is 9.89 Å². The number of carbonyl (C=O) groups excluding carboxylic acids is 1. The summed E-state index contributed by atoms with van der Waals surface area (Å²) < 4.78 is 1.96. The first-order valence-corrected chi connectivity index (χ1v) is 6.06. The molecule has 1 amide bonds. The SMILES string of the molecule is Cn1cc(C(=O)NCc2ccn[nH]2)c2ccccc21. The van der Waals surface area contributed by atoms with E-state index >= 15 is 0 Å². The Morgan fingerprint density at radius 1 is 1.37 bits per heavy atom. The van der Waals surface area contributed by atoms with Crippen molar-refractivity contribution in [1.29, 1.82) is 0 Å². The van der Waals surface area contributed by atoms with Crippen LogP contribution in [-0.2, 0) is 13.6 Å². The number of carbonyl (C=O) groups is 1. The molecule has 19 heavy (non-hydrogen) atoms. The molecule has 0 aliphatic carbocycles. The number of nitrogens with one attached hydrogen (secondary N) is 2. The van der Waals surface area contributed by atoms with Crippen LogP contribution in [0.5, 0.6) is 0 Å². The Kier molecular flexibility index (Phi) is 2.79. The number of rotatable bonds is 3. The van der Waals surface area contributed by atoms with Crippen molar-refractivity contribution >= 4 is 16.8 Å². The fraction of sp³-hybridized carbons (Fsp3) is 0.143. The summed E-state index contributed by atoms with van der Waals surface area (Å²) in [5, 5.41) is 10.5. The Hall–Kier alpha value is -2.56. The number of benzene rings is 1. The van der Waals surface area contributed by atoms with Crippen molar-refractivity contribution in [1.82, 2.24) is 20.1 Å². The molecule has 0 unspecified atom stereocenters. The van der Waals surface area contributed by atoms with Crippen molar-refractivity contribution in [3.8, 4) is 0 Å². The maximum atomic E-state index is 12.2. The lowest BCUT2D eigenvalue weighted by Crippen LogP contribution is -2.22. The van der Waals surface area contributed by atoms with Crippen LogP contribution in [0.25, 0.3) is 10.9 Å². The largest absolute Gasteiger partial charge is 0.350 e. The van der Waals surface area contributed by atoms with Crippen LogP contribution < -0.4 is 5.32 Å². The van der Waals surface area contributed by atoms with Crippen LogP contribution in [0.1, 0.15) is 16.1 Å². The van der Waals surface area contributed by atoms with E-state index in [1.807, 2.05) is 48.1 Å². The van der Waals surface area contributed by atoms with Gasteiger partial charge in [0, 0.05) is 30.3 Å². The first kappa shape index (κ1) is 11.5. The highest BCUT2D eigenvalue weighted by molar-refractivity contribution is 6.06. The van der Waals surface area contributed by atoms with Crippen molar-refractivity contribution < 1.29 is 4.79 Å². The smallest absolute Gasteiger partial charge is 0.253 e. The monoisotopic (exact) mass is 254 g/mol. The average Bonchev–Trinajstić information content (AvgIpc) is 3.05. The highest BCUT2D eigenvalue weighted by atomic mass is 16.1. The third-order valence-corrected chi connectivity index (χ3v) is 3.14. The minimum atomic E-state index is -0.0774. The molecule has 1 aromatic carbocycles. The van der Waals surface area contributed by atoms with Gasteiger partial charge in [0.25, 0.3) is 5.91 Å². The molecule has 0 spiro atoms. The first-order valence-electron chi connectivity index (χ1n) is 6.06. The van der Waals surface area contributed by atoms with Gasteiger partial charge in [-0.15, -0.1) is 0 Å². The summed E-state index contributed by atoms with van der Waals surface area (Å²) in [4.78, 5) is 12.2. The van der Waals surface area contributed by atoms with Crippen LogP contribution in [0, 0.1) is 0 Å². The molecule has 5 nitrogen and oxygen atoms in total. The molecule has 0 saturated heterocycles. The summed E-state index contributed by atoms with van der Waals surface area (Å²) in [6, 6.07) is 9.70. The number of aromatic nitrogens is 3. The molecule has 0 fully saturated rings. The fourth-order valence-electron chi connectivity index (χ4n) is 2.18. The minimum absolute atomic E-state index is 0.0774. The van der Waals surface area contributed by atoms with Crippen LogP contribution in [0.15, 0.2) is 42.7 Å². The van der Waals surface area contributed by atoms with Crippen LogP contribution in [0.4, 0.5) is 0 Å². The van der Waals surface area contributed by atoms with Gasteiger partial charge in [0.05, 0.1) is 17.8 Å². The molecule has 0 aliphatic heterocycles. The number of fused-ring (bicyclic) bond motifs is 1. The summed E-state index contributed by atoms with van der Waals surface area (Å²) in [6.07, 6.45) is 3.52. The Balaban J connectivity index is 1.85. The number of aromatic amines is 1. The van der Waals surface area contributed by atoms with E-state index in [1.54, 1.807) is 6.20 Å². The van der Waals surface area contributed by atoms with Gasteiger partial charge in [-0.2, -0.15) is 5.10 Å². The first-order chi connectivity index (χ1) is 9.25. The van der Waals surface area contributed by atoms with Crippen molar-refractivity contribution in [2.75, 3.05) is 0 Å². The normalized spacial score (nSPS) is 10.8. The van der Waals surface area contributed by atoms with Gasteiger partial charge in [-0.05, 0) is 12.1 Å². The molecule has 2 aromatic heterocycles. The van der Waals surface area contributed by atoms with Gasteiger partial charge in [0.1, 0.15) is 0 Å². The van der Waals surface area contributed by atoms with E-state index in [9.17, 15) is 4.79 Å². The summed E-state index contributed by atoms with van der Waals surface area (Å²) in [7, 11) is 1.94. The second-order valence-corrected chi connectivity index (χ2v) is 4.44.